The van der Waals surface area contributed by atoms with E-state index in [4.69, 9.17) is 0 Å². The van der Waals surface area contributed by atoms with Crippen LogP contribution in [-0.2, 0) is 0 Å². The fourth-order valence-corrected chi connectivity index (χ4v) is 3.44. The Hall–Kier alpha value is -0.0800. The Morgan fingerprint density at radius 3 is 2.14 bits per heavy atom. The summed E-state index contributed by atoms with van der Waals surface area (Å²) in [6.45, 7) is 13.3. The molecule has 0 aromatic carbocycles. The Balaban J connectivity index is 2.08. The van der Waals surface area contributed by atoms with Crippen molar-refractivity contribution in [2.45, 2.75) is 45.7 Å². The van der Waals surface area contributed by atoms with Crippen LogP contribution in [-0.4, -0.2) is 48.1 Å². The van der Waals surface area contributed by atoms with Gasteiger partial charge in [-0.15, -0.1) is 0 Å². The maximum Gasteiger partial charge on any atom is 0.0154 e. The molecule has 2 saturated heterocycles. The lowest BCUT2D eigenvalue weighted by atomic mass is 9.74. The van der Waals surface area contributed by atoms with Gasteiger partial charge in [-0.05, 0) is 47.7 Å². The lowest BCUT2D eigenvalue weighted by Gasteiger charge is -2.51. The van der Waals surface area contributed by atoms with Gasteiger partial charge in [0.05, 0.1) is 0 Å². The van der Waals surface area contributed by atoms with Gasteiger partial charge in [0, 0.05) is 30.1 Å². The highest BCUT2D eigenvalue weighted by Gasteiger charge is 2.53. The first kappa shape index (κ1) is 10.4. The quantitative estimate of drug-likeness (QED) is 0.583. The second-order valence-corrected chi connectivity index (χ2v) is 6.32. The fraction of sp³-hybridized carbons (Fsp3) is 1.00. The fourth-order valence-electron chi connectivity index (χ4n) is 3.44. The van der Waals surface area contributed by atoms with E-state index in [1.807, 2.05) is 0 Å². The molecule has 14 heavy (non-hydrogen) atoms. The van der Waals surface area contributed by atoms with Gasteiger partial charge in [-0.2, -0.15) is 0 Å². The summed E-state index contributed by atoms with van der Waals surface area (Å²) in [6, 6.07) is 0.763. The van der Waals surface area contributed by atoms with Gasteiger partial charge in [-0.1, -0.05) is 0 Å². The molecule has 0 aromatic heterocycles. The van der Waals surface area contributed by atoms with Crippen molar-refractivity contribution in [2.24, 2.45) is 5.41 Å². The third-order valence-electron chi connectivity index (χ3n) is 4.24. The van der Waals surface area contributed by atoms with E-state index in [1.54, 1.807) is 0 Å². The third kappa shape index (κ3) is 1.40. The highest BCUT2D eigenvalue weighted by molar-refractivity contribution is 5.07. The Morgan fingerprint density at radius 1 is 1.21 bits per heavy atom. The summed E-state index contributed by atoms with van der Waals surface area (Å²) in [5, 5.41) is 0. The van der Waals surface area contributed by atoms with Gasteiger partial charge in [0.2, 0.25) is 0 Å². The Labute approximate surface area is 88.3 Å². The molecule has 2 fully saturated rings. The van der Waals surface area contributed by atoms with Crippen molar-refractivity contribution in [3.05, 3.63) is 0 Å². The Morgan fingerprint density at radius 2 is 1.79 bits per heavy atom. The highest BCUT2D eigenvalue weighted by atomic mass is 15.3. The van der Waals surface area contributed by atoms with Crippen molar-refractivity contribution in [3.63, 3.8) is 0 Å². The molecule has 2 aliphatic rings. The first-order valence-electron chi connectivity index (χ1n) is 5.80. The molecule has 0 amide bonds. The summed E-state index contributed by atoms with van der Waals surface area (Å²) in [5.74, 6) is 0. The van der Waals surface area contributed by atoms with Crippen molar-refractivity contribution in [2.75, 3.05) is 26.7 Å². The summed E-state index contributed by atoms with van der Waals surface area (Å²) in [6.07, 6.45) is 1.40. The van der Waals surface area contributed by atoms with E-state index in [-0.39, 0.29) is 0 Å². The lowest BCUT2D eigenvalue weighted by Crippen LogP contribution is -2.60. The molecule has 0 N–H and O–H groups in total. The van der Waals surface area contributed by atoms with Crippen LogP contribution in [0, 0.1) is 5.41 Å². The van der Waals surface area contributed by atoms with Gasteiger partial charge in [-0.25, -0.2) is 0 Å². The summed E-state index contributed by atoms with van der Waals surface area (Å²) < 4.78 is 0. The zero-order valence-corrected chi connectivity index (χ0v) is 10.3. The van der Waals surface area contributed by atoms with Gasteiger partial charge in [-0.3, -0.25) is 4.90 Å². The molecule has 2 nitrogen and oxygen atoms in total. The van der Waals surface area contributed by atoms with Gasteiger partial charge in [0.15, 0.2) is 0 Å². The van der Waals surface area contributed by atoms with Crippen LogP contribution in [0.2, 0.25) is 0 Å². The molecule has 0 saturated carbocycles. The third-order valence-corrected chi connectivity index (χ3v) is 4.24. The monoisotopic (exact) mass is 196 g/mol. The lowest BCUT2D eigenvalue weighted by molar-refractivity contribution is -0.0193. The number of nitrogens with zero attached hydrogens (tertiary/aromatic N) is 2. The average Bonchev–Trinajstić information content (AvgIpc) is 2.27. The van der Waals surface area contributed by atoms with Crippen molar-refractivity contribution >= 4 is 0 Å². The van der Waals surface area contributed by atoms with Crippen LogP contribution in [0.5, 0.6) is 0 Å². The molecule has 2 heterocycles. The zero-order valence-electron chi connectivity index (χ0n) is 10.3. The predicted molar refractivity (Wildman–Crippen MR) is 60.5 cm³/mol. The maximum absolute atomic E-state index is 2.68. The van der Waals surface area contributed by atoms with E-state index < -0.39 is 0 Å². The molecule has 82 valence electrons. The van der Waals surface area contributed by atoms with E-state index in [0.717, 1.165) is 6.04 Å². The molecule has 0 bridgehead atoms. The minimum atomic E-state index is 0.344. The van der Waals surface area contributed by atoms with Gasteiger partial charge < -0.3 is 4.90 Å². The molecule has 2 heteroatoms. The van der Waals surface area contributed by atoms with Crippen LogP contribution < -0.4 is 0 Å². The standard InChI is InChI=1S/C12H24N2/c1-10-12(8-13(5)9-12)6-7-14(10)11(2,3)4/h10H,6-9H2,1-5H3/t10-/m1/s1. The van der Waals surface area contributed by atoms with E-state index in [0.29, 0.717) is 11.0 Å². The SMILES string of the molecule is C[C@H]1N(C(C)(C)C)CCC12CN(C)C2. The van der Waals surface area contributed by atoms with Crippen molar-refractivity contribution in [1.82, 2.24) is 9.80 Å². The summed E-state index contributed by atoms with van der Waals surface area (Å²) in [7, 11) is 2.23. The van der Waals surface area contributed by atoms with Crippen LogP contribution in [0.3, 0.4) is 0 Å². The second kappa shape index (κ2) is 2.96. The van der Waals surface area contributed by atoms with Crippen LogP contribution >= 0.6 is 0 Å². The largest absolute Gasteiger partial charge is 0.305 e. The van der Waals surface area contributed by atoms with Crippen molar-refractivity contribution in [3.8, 4) is 0 Å². The summed E-state index contributed by atoms with van der Waals surface area (Å²) in [4.78, 5) is 5.13. The van der Waals surface area contributed by atoms with Crippen molar-refractivity contribution in [1.29, 1.82) is 0 Å². The first-order valence-corrected chi connectivity index (χ1v) is 5.80. The molecular weight excluding hydrogens is 172 g/mol. The Kier molecular flexibility index (Phi) is 2.20. The number of rotatable bonds is 0. The smallest absolute Gasteiger partial charge is 0.0154 e. The maximum atomic E-state index is 2.68. The molecule has 0 aromatic rings. The van der Waals surface area contributed by atoms with Gasteiger partial charge in [0.1, 0.15) is 0 Å². The second-order valence-electron chi connectivity index (χ2n) is 6.32. The van der Waals surface area contributed by atoms with Crippen LogP contribution in [0.25, 0.3) is 0 Å². The zero-order chi connectivity index (χ0) is 10.6. The Bertz CT molecular complexity index is 223. The molecule has 1 spiro atoms. The summed E-state index contributed by atoms with van der Waals surface area (Å²) >= 11 is 0. The van der Waals surface area contributed by atoms with Crippen molar-refractivity contribution < 1.29 is 0 Å². The minimum Gasteiger partial charge on any atom is -0.305 e. The molecule has 0 aliphatic carbocycles. The molecule has 2 rings (SSSR count). The first-order chi connectivity index (χ1) is 6.35. The molecule has 2 aliphatic heterocycles. The normalized spacial score (nSPS) is 33.6. The topological polar surface area (TPSA) is 6.48 Å². The van der Waals surface area contributed by atoms with E-state index >= 15 is 0 Å². The van der Waals surface area contributed by atoms with Crippen LogP contribution in [0.1, 0.15) is 34.1 Å². The molecule has 0 unspecified atom stereocenters. The summed E-state index contributed by atoms with van der Waals surface area (Å²) in [5.41, 5.74) is 0.971. The molecule has 1 atom stereocenters. The number of hydrogen-bond donors (Lipinski definition) is 0. The molecular formula is C12H24N2. The molecule has 0 radical (unpaired) electrons. The van der Waals surface area contributed by atoms with Crippen LogP contribution in [0.4, 0.5) is 0 Å². The number of hydrogen-bond acceptors (Lipinski definition) is 2. The average molecular weight is 196 g/mol. The van der Waals surface area contributed by atoms with Gasteiger partial charge >= 0.3 is 0 Å². The number of likely N-dealkylation sites (tertiary alicyclic amines) is 2. The minimum absolute atomic E-state index is 0.344. The van der Waals surface area contributed by atoms with E-state index in [1.165, 1.54) is 26.1 Å². The van der Waals surface area contributed by atoms with Crippen LogP contribution in [0.15, 0.2) is 0 Å². The highest BCUT2D eigenvalue weighted by Crippen LogP contribution is 2.45. The van der Waals surface area contributed by atoms with E-state index in [9.17, 15) is 0 Å². The predicted octanol–water partition coefficient (Wildman–Crippen LogP) is 1.81. The van der Waals surface area contributed by atoms with Gasteiger partial charge in [0.25, 0.3) is 0 Å². The van der Waals surface area contributed by atoms with E-state index in [2.05, 4.69) is 44.5 Å².